The summed E-state index contributed by atoms with van der Waals surface area (Å²) in [5.41, 5.74) is 3.16. The molecule has 1 aromatic heterocycles. The van der Waals surface area contributed by atoms with Crippen molar-refractivity contribution < 1.29 is 9.59 Å². The lowest BCUT2D eigenvalue weighted by Crippen LogP contribution is -2.41. The smallest absolute Gasteiger partial charge is 0.247 e. The van der Waals surface area contributed by atoms with Gasteiger partial charge in [0.15, 0.2) is 0 Å². The summed E-state index contributed by atoms with van der Waals surface area (Å²) in [5, 5.41) is 12.8. The van der Waals surface area contributed by atoms with E-state index in [0.29, 0.717) is 30.6 Å². The van der Waals surface area contributed by atoms with E-state index in [1.54, 1.807) is 29.2 Å². The van der Waals surface area contributed by atoms with Gasteiger partial charge in [-0.15, -0.1) is 0 Å². The maximum atomic E-state index is 12.7. The number of fused-ring (bicyclic) bond motifs is 1. The number of aromatic nitrogens is 1. The van der Waals surface area contributed by atoms with E-state index >= 15 is 0 Å². The first-order valence-electron chi connectivity index (χ1n) is 8.81. The van der Waals surface area contributed by atoms with E-state index in [4.69, 9.17) is 5.26 Å². The molecule has 2 heterocycles. The third-order valence-electron chi connectivity index (χ3n) is 4.93. The van der Waals surface area contributed by atoms with Crippen molar-refractivity contribution in [1.82, 2.24) is 9.88 Å². The van der Waals surface area contributed by atoms with Crippen LogP contribution in [0.25, 0.3) is 10.9 Å². The van der Waals surface area contributed by atoms with E-state index in [2.05, 4.69) is 10.3 Å². The van der Waals surface area contributed by atoms with Crippen molar-refractivity contribution in [2.24, 2.45) is 0 Å². The molecule has 4 rings (SSSR count). The minimum absolute atomic E-state index is 0.0136. The van der Waals surface area contributed by atoms with Crippen LogP contribution >= 0.6 is 0 Å². The molecule has 2 aromatic carbocycles. The predicted molar refractivity (Wildman–Crippen MR) is 102 cm³/mol. The van der Waals surface area contributed by atoms with Crippen LogP contribution < -0.4 is 5.32 Å². The first kappa shape index (κ1) is 16.9. The number of amides is 2. The summed E-state index contributed by atoms with van der Waals surface area (Å²) in [6.45, 7) is 0.397. The molecule has 27 heavy (non-hydrogen) atoms. The lowest BCUT2D eigenvalue weighted by atomic mass is 10.1. The molecule has 2 N–H and O–H groups in total. The number of benzene rings is 2. The molecule has 0 bridgehead atoms. The van der Waals surface area contributed by atoms with Crippen LogP contribution in [0.2, 0.25) is 0 Å². The Hall–Kier alpha value is -3.59. The van der Waals surface area contributed by atoms with Crippen molar-refractivity contribution in [3.63, 3.8) is 0 Å². The van der Waals surface area contributed by atoms with E-state index in [9.17, 15) is 9.59 Å². The number of para-hydroxylation sites is 1. The summed E-state index contributed by atoms with van der Waals surface area (Å²) in [6, 6.07) is 16.1. The average Bonchev–Trinajstić information content (AvgIpc) is 3.27. The minimum Gasteiger partial charge on any atom is -0.361 e. The normalized spacial score (nSPS) is 16.5. The third kappa shape index (κ3) is 3.27. The van der Waals surface area contributed by atoms with Crippen molar-refractivity contribution in [3.8, 4) is 6.07 Å². The van der Waals surface area contributed by atoms with Crippen LogP contribution in [0.5, 0.6) is 0 Å². The second-order valence-electron chi connectivity index (χ2n) is 6.61. The first-order valence-corrected chi connectivity index (χ1v) is 8.81. The van der Waals surface area contributed by atoms with Crippen LogP contribution in [-0.4, -0.2) is 27.7 Å². The maximum absolute atomic E-state index is 12.7. The quantitative estimate of drug-likeness (QED) is 0.751. The number of aromatic amines is 1. The molecule has 1 aliphatic rings. The summed E-state index contributed by atoms with van der Waals surface area (Å²) in [7, 11) is 0. The second kappa shape index (κ2) is 6.96. The maximum Gasteiger partial charge on any atom is 0.247 e. The fourth-order valence-electron chi connectivity index (χ4n) is 3.50. The topological polar surface area (TPSA) is 89.0 Å². The zero-order valence-electron chi connectivity index (χ0n) is 14.6. The number of H-pyrrole nitrogens is 1. The van der Waals surface area contributed by atoms with Gasteiger partial charge in [0, 0.05) is 35.8 Å². The molecule has 3 aromatic rings. The highest BCUT2D eigenvalue weighted by molar-refractivity contribution is 5.99. The summed E-state index contributed by atoms with van der Waals surface area (Å²) >= 11 is 0. The van der Waals surface area contributed by atoms with Crippen molar-refractivity contribution in [3.05, 3.63) is 65.9 Å². The van der Waals surface area contributed by atoms with Gasteiger partial charge in [-0.1, -0.05) is 18.2 Å². The van der Waals surface area contributed by atoms with E-state index in [1.807, 2.05) is 36.5 Å². The zero-order valence-corrected chi connectivity index (χ0v) is 14.6. The SMILES string of the molecule is N#Cc1ccc(NC(=O)C2CCC(=O)N2Cc2c[nH]c3ccccc23)cc1. The number of carbonyl (C=O) groups is 2. The molecular weight excluding hydrogens is 340 g/mol. The average molecular weight is 358 g/mol. The van der Waals surface area contributed by atoms with Gasteiger partial charge in [-0.3, -0.25) is 9.59 Å². The van der Waals surface area contributed by atoms with Crippen molar-refractivity contribution in [2.75, 3.05) is 5.32 Å². The summed E-state index contributed by atoms with van der Waals surface area (Å²) in [5.74, 6) is -0.217. The standard InChI is InChI=1S/C21H18N4O2/c22-11-14-5-7-16(8-6-14)24-21(27)19-9-10-20(26)25(19)13-15-12-23-18-4-2-1-3-17(15)18/h1-8,12,19,23H,9-10,13H2,(H,24,27). The Morgan fingerprint density at radius 2 is 2.00 bits per heavy atom. The molecule has 0 spiro atoms. The number of nitriles is 1. The molecule has 1 aliphatic heterocycles. The Labute approximate surface area is 156 Å². The van der Waals surface area contributed by atoms with Gasteiger partial charge in [-0.25, -0.2) is 0 Å². The van der Waals surface area contributed by atoms with Gasteiger partial charge in [-0.2, -0.15) is 5.26 Å². The molecule has 6 heteroatoms. The van der Waals surface area contributed by atoms with Gasteiger partial charge >= 0.3 is 0 Å². The second-order valence-corrected chi connectivity index (χ2v) is 6.61. The molecule has 0 radical (unpaired) electrons. The summed E-state index contributed by atoms with van der Waals surface area (Å²) < 4.78 is 0. The van der Waals surface area contributed by atoms with Gasteiger partial charge in [0.2, 0.25) is 11.8 Å². The number of rotatable bonds is 4. The molecule has 2 amide bonds. The van der Waals surface area contributed by atoms with Crippen LogP contribution in [0, 0.1) is 11.3 Å². The molecule has 134 valence electrons. The molecule has 1 fully saturated rings. The van der Waals surface area contributed by atoms with Crippen LogP contribution in [-0.2, 0) is 16.1 Å². The van der Waals surface area contributed by atoms with Crippen LogP contribution in [0.3, 0.4) is 0 Å². The monoisotopic (exact) mass is 358 g/mol. The lowest BCUT2D eigenvalue weighted by molar-refractivity contribution is -0.133. The Bertz CT molecular complexity index is 1050. The molecule has 1 atom stereocenters. The fourth-order valence-corrected chi connectivity index (χ4v) is 3.50. The largest absolute Gasteiger partial charge is 0.361 e. The van der Waals surface area contributed by atoms with Crippen molar-refractivity contribution >= 4 is 28.4 Å². The highest BCUT2D eigenvalue weighted by atomic mass is 16.2. The van der Waals surface area contributed by atoms with Crippen LogP contribution in [0.4, 0.5) is 5.69 Å². The van der Waals surface area contributed by atoms with Gasteiger partial charge in [-0.05, 0) is 42.3 Å². The van der Waals surface area contributed by atoms with E-state index in [0.717, 1.165) is 16.5 Å². The summed E-state index contributed by atoms with van der Waals surface area (Å²) in [4.78, 5) is 30.0. The third-order valence-corrected chi connectivity index (χ3v) is 4.93. The van der Waals surface area contributed by atoms with Crippen LogP contribution in [0.1, 0.15) is 24.0 Å². The molecule has 1 unspecified atom stereocenters. The Morgan fingerprint density at radius 3 is 2.78 bits per heavy atom. The van der Waals surface area contributed by atoms with E-state index in [-0.39, 0.29) is 11.8 Å². The first-order chi connectivity index (χ1) is 13.2. The Kier molecular flexibility index (Phi) is 4.35. The summed E-state index contributed by atoms with van der Waals surface area (Å²) in [6.07, 6.45) is 2.77. The Balaban J connectivity index is 1.52. The molecule has 0 saturated carbocycles. The number of likely N-dealkylation sites (tertiary alicyclic amines) is 1. The molecule has 1 saturated heterocycles. The molecular formula is C21H18N4O2. The lowest BCUT2D eigenvalue weighted by Gasteiger charge is -2.24. The van der Waals surface area contributed by atoms with E-state index < -0.39 is 6.04 Å². The Morgan fingerprint density at radius 1 is 1.22 bits per heavy atom. The highest BCUT2D eigenvalue weighted by Crippen LogP contribution is 2.26. The van der Waals surface area contributed by atoms with Crippen LogP contribution in [0.15, 0.2) is 54.7 Å². The number of anilines is 1. The van der Waals surface area contributed by atoms with Crippen molar-refractivity contribution in [2.45, 2.75) is 25.4 Å². The van der Waals surface area contributed by atoms with Gasteiger partial charge in [0.05, 0.1) is 11.6 Å². The zero-order chi connectivity index (χ0) is 18.8. The minimum atomic E-state index is -0.498. The number of nitrogens with one attached hydrogen (secondary N) is 2. The van der Waals surface area contributed by atoms with Crippen molar-refractivity contribution in [1.29, 1.82) is 5.26 Å². The van der Waals surface area contributed by atoms with Gasteiger partial charge in [0.1, 0.15) is 6.04 Å². The van der Waals surface area contributed by atoms with Gasteiger partial charge < -0.3 is 15.2 Å². The number of nitrogens with zero attached hydrogens (tertiary/aromatic N) is 2. The molecule has 0 aliphatic carbocycles. The predicted octanol–water partition coefficient (Wildman–Crippen LogP) is 3.17. The fraction of sp³-hybridized carbons (Fsp3) is 0.190. The highest BCUT2D eigenvalue weighted by Gasteiger charge is 2.36. The number of hydrogen-bond donors (Lipinski definition) is 2. The molecule has 6 nitrogen and oxygen atoms in total. The number of carbonyl (C=O) groups excluding carboxylic acids is 2. The van der Waals surface area contributed by atoms with Gasteiger partial charge in [0.25, 0.3) is 0 Å². The number of hydrogen-bond acceptors (Lipinski definition) is 3. The van der Waals surface area contributed by atoms with E-state index in [1.165, 1.54) is 0 Å².